The molecule has 3 N–H and O–H groups in total. The first-order chi connectivity index (χ1) is 10.1. The summed E-state index contributed by atoms with van der Waals surface area (Å²) >= 11 is 0. The van der Waals surface area contributed by atoms with Gasteiger partial charge >= 0.3 is 0 Å². The lowest BCUT2D eigenvalue weighted by molar-refractivity contribution is -0.0109. The second kappa shape index (κ2) is 5.48. The minimum atomic E-state index is -0.778. The predicted molar refractivity (Wildman–Crippen MR) is 81.0 cm³/mol. The number of para-hydroxylation sites is 1. The van der Waals surface area contributed by atoms with Gasteiger partial charge in [-0.3, -0.25) is 9.89 Å². The first-order valence-electron chi connectivity index (χ1n) is 7.51. The van der Waals surface area contributed by atoms with E-state index in [0.717, 1.165) is 36.6 Å². The lowest BCUT2D eigenvalue weighted by Crippen LogP contribution is -2.45. The molecule has 0 spiro atoms. The molecule has 2 atom stereocenters. The lowest BCUT2D eigenvalue weighted by Gasteiger charge is -2.35. The highest BCUT2D eigenvalue weighted by atomic mass is 16.3. The summed E-state index contributed by atoms with van der Waals surface area (Å²) in [4.78, 5) is 12.3. The Morgan fingerprint density at radius 1 is 1.52 bits per heavy atom. The summed E-state index contributed by atoms with van der Waals surface area (Å²) in [6.45, 7) is 2.44. The third-order valence-corrected chi connectivity index (χ3v) is 4.33. The van der Waals surface area contributed by atoms with Gasteiger partial charge in [0.05, 0.1) is 11.1 Å². The number of hydrogen-bond acceptors (Lipinski definition) is 3. The first-order valence-corrected chi connectivity index (χ1v) is 7.51. The smallest absolute Gasteiger partial charge is 0.272 e. The van der Waals surface area contributed by atoms with Crippen LogP contribution >= 0.6 is 0 Å². The molecule has 0 radical (unpaired) electrons. The fourth-order valence-electron chi connectivity index (χ4n) is 3.26. The highest BCUT2D eigenvalue weighted by Gasteiger charge is 2.33. The van der Waals surface area contributed by atoms with Gasteiger partial charge < -0.3 is 10.4 Å². The molecular formula is C16H21N3O2. The average Bonchev–Trinajstić information content (AvgIpc) is 2.89. The number of fused-ring (bicyclic) bond motifs is 1. The first kappa shape index (κ1) is 14.1. The van der Waals surface area contributed by atoms with E-state index >= 15 is 0 Å². The van der Waals surface area contributed by atoms with E-state index in [-0.39, 0.29) is 12.5 Å². The van der Waals surface area contributed by atoms with Crippen LogP contribution in [-0.2, 0) is 0 Å². The molecule has 3 rings (SSSR count). The zero-order chi connectivity index (χ0) is 14.9. The molecule has 1 aromatic heterocycles. The molecule has 1 aromatic carbocycles. The van der Waals surface area contributed by atoms with E-state index in [1.54, 1.807) is 0 Å². The quantitative estimate of drug-likeness (QED) is 0.810. The Morgan fingerprint density at radius 3 is 3.14 bits per heavy atom. The fraction of sp³-hybridized carbons (Fsp3) is 0.500. The van der Waals surface area contributed by atoms with Crippen LogP contribution in [0.15, 0.2) is 24.3 Å². The Hall–Kier alpha value is -1.88. The van der Waals surface area contributed by atoms with Gasteiger partial charge in [-0.15, -0.1) is 0 Å². The van der Waals surface area contributed by atoms with E-state index in [4.69, 9.17) is 0 Å². The van der Waals surface area contributed by atoms with Crippen molar-refractivity contribution >= 4 is 16.8 Å². The van der Waals surface area contributed by atoms with Crippen molar-refractivity contribution in [1.29, 1.82) is 0 Å². The van der Waals surface area contributed by atoms with Crippen molar-refractivity contribution in [2.24, 2.45) is 5.92 Å². The number of H-pyrrole nitrogens is 1. The maximum Gasteiger partial charge on any atom is 0.272 e. The van der Waals surface area contributed by atoms with Gasteiger partial charge in [-0.05, 0) is 24.8 Å². The molecule has 1 saturated carbocycles. The number of rotatable bonds is 3. The summed E-state index contributed by atoms with van der Waals surface area (Å²) in [6.07, 6.45) is 3.66. The molecular weight excluding hydrogens is 266 g/mol. The van der Waals surface area contributed by atoms with E-state index in [2.05, 4.69) is 22.4 Å². The van der Waals surface area contributed by atoms with Gasteiger partial charge in [0.2, 0.25) is 0 Å². The van der Waals surface area contributed by atoms with Crippen LogP contribution in [0.4, 0.5) is 0 Å². The number of hydrogen-bond donors (Lipinski definition) is 3. The van der Waals surface area contributed by atoms with Crippen LogP contribution < -0.4 is 5.32 Å². The monoisotopic (exact) mass is 287 g/mol. The van der Waals surface area contributed by atoms with Gasteiger partial charge in [0.1, 0.15) is 0 Å². The Balaban J connectivity index is 1.69. The van der Waals surface area contributed by atoms with Gasteiger partial charge in [0.15, 0.2) is 5.69 Å². The summed E-state index contributed by atoms with van der Waals surface area (Å²) < 4.78 is 0. The summed E-state index contributed by atoms with van der Waals surface area (Å²) in [5.74, 6) is 0.269. The molecule has 2 unspecified atom stereocenters. The minimum absolute atomic E-state index is 0.237. The van der Waals surface area contributed by atoms with Gasteiger partial charge in [-0.2, -0.15) is 5.10 Å². The van der Waals surface area contributed by atoms with Crippen molar-refractivity contribution in [3.05, 3.63) is 30.0 Å². The number of carbonyl (C=O) groups excluding carboxylic acids is 1. The van der Waals surface area contributed by atoms with Crippen LogP contribution in [0.1, 0.15) is 43.1 Å². The Morgan fingerprint density at radius 2 is 2.33 bits per heavy atom. The zero-order valence-corrected chi connectivity index (χ0v) is 12.2. The maximum absolute atomic E-state index is 12.3. The third kappa shape index (κ3) is 2.93. The summed E-state index contributed by atoms with van der Waals surface area (Å²) in [5.41, 5.74) is 0.449. The van der Waals surface area contributed by atoms with Crippen molar-refractivity contribution in [3.8, 4) is 0 Å². The minimum Gasteiger partial charge on any atom is -0.388 e. The zero-order valence-electron chi connectivity index (χ0n) is 12.2. The molecule has 21 heavy (non-hydrogen) atoms. The molecule has 1 fully saturated rings. The largest absolute Gasteiger partial charge is 0.388 e. The standard InChI is InChI=1S/C16H21N3O2/c1-11-5-4-8-16(21,9-11)10-17-15(20)14-12-6-2-3-7-13(12)18-19-14/h2-3,6-7,11,21H,4-5,8-10H2,1H3,(H,17,20)(H,18,19). The maximum atomic E-state index is 12.3. The average molecular weight is 287 g/mol. The van der Waals surface area contributed by atoms with Crippen molar-refractivity contribution in [2.45, 2.75) is 38.2 Å². The normalized spacial score (nSPS) is 25.9. The van der Waals surface area contributed by atoms with Crippen LogP contribution in [-0.4, -0.2) is 33.4 Å². The van der Waals surface area contributed by atoms with Gasteiger partial charge in [0.25, 0.3) is 5.91 Å². The number of aromatic nitrogens is 2. The second-order valence-electron chi connectivity index (χ2n) is 6.23. The van der Waals surface area contributed by atoms with Gasteiger partial charge in [0, 0.05) is 11.9 Å². The van der Waals surface area contributed by atoms with Crippen LogP contribution in [0.2, 0.25) is 0 Å². The topological polar surface area (TPSA) is 78.0 Å². The SMILES string of the molecule is CC1CCCC(O)(CNC(=O)c2n[nH]c3ccccc23)C1. The Bertz CT molecular complexity index is 652. The van der Waals surface area contributed by atoms with E-state index < -0.39 is 5.60 Å². The number of amides is 1. The van der Waals surface area contributed by atoms with Gasteiger partial charge in [-0.25, -0.2) is 0 Å². The van der Waals surface area contributed by atoms with Crippen molar-refractivity contribution in [3.63, 3.8) is 0 Å². The van der Waals surface area contributed by atoms with Crippen molar-refractivity contribution in [1.82, 2.24) is 15.5 Å². The molecule has 2 aromatic rings. The number of benzene rings is 1. The van der Waals surface area contributed by atoms with Crippen LogP contribution in [0, 0.1) is 5.92 Å². The van der Waals surface area contributed by atoms with Crippen LogP contribution in [0.5, 0.6) is 0 Å². The van der Waals surface area contributed by atoms with E-state index in [9.17, 15) is 9.90 Å². The Labute approximate surface area is 123 Å². The lowest BCUT2D eigenvalue weighted by atomic mass is 9.79. The van der Waals surface area contributed by atoms with E-state index in [0.29, 0.717) is 11.6 Å². The molecule has 5 nitrogen and oxygen atoms in total. The summed E-state index contributed by atoms with van der Waals surface area (Å²) in [5, 5.41) is 21.1. The molecule has 1 heterocycles. The fourth-order valence-corrected chi connectivity index (χ4v) is 3.26. The summed E-state index contributed by atoms with van der Waals surface area (Å²) in [6, 6.07) is 7.53. The van der Waals surface area contributed by atoms with E-state index in [1.165, 1.54) is 0 Å². The number of carbonyl (C=O) groups is 1. The number of nitrogens with zero attached hydrogens (tertiary/aromatic N) is 1. The number of nitrogens with one attached hydrogen (secondary N) is 2. The molecule has 5 heteroatoms. The highest BCUT2D eigenvalue weighted by molar-refractivity contribution is 6.04. The predicted octanol–water partition coefficient (Wildman–Crippen LogP) is 2.23. The summed E-state index contributed by atoms with van der Waals surface area (Å²) in [7, 11) is 0. The van der Waals surface area contributed by atoms with Crippen LogP contribution in [0.25, 0.3) is 10.9 Å². The molecule has 1 aliphatic carbocycles. The van der Waals surface area contributed by atoms with Crippen molar-refractivity contribution < 1.29 is 9.90 Å². The molecule has 1 aliphatic rings. The third-order valence-electron chi connectivity index (χ3n) is 4.33. The number of aromatic amines is 1. The molecule has 0 saturated heterocycles. The molecule has 112 valence electrons. The highest BCUT2D eigenvalue weighted by Crippen LogP contribution is 2.31. The van der Waals surface area contributed by atoms with Crippen molar-refractivity contribution in [2.75, 3.05) is 6.54 Å². The number of aliphatic hydroxyl groups is 1. The van der Waals surface area contributed by atoms with Crippen LogP contribution in [0.3, 0.4) is 0 Å². The Kier molecular flexibility index (Phi) is 3.68. The second-order valence-corrected chi connectivity index (χ2v) is 6.23. The van der Waals surface area contributed by atoms with E-state index in [1.807, 2.05) is 24.3 Å². The molecule has 0 bridgehead atoms. The van der Waals surface area contributed by atoms with Gasteiger partial charge in [-0.1, -0.05) is 38.0 Å². The molecule has 1 amide bonds. The molecule has 0 aliphatic heterocycles.